The lowest BCUT2D eigenvalue weighted by Gasteiger charge is -2.24. The van der Waals surface area contributed by atoms with E-state index >= 15 is 0 Å². The zero-order valence-electron chi connectivity index (χ0n) is 10.8. The molecule has 2 aromatic rings. The van der Waals surface area contributed by atoms with Gasteiger partial charge in [-0.15, -0.1) is 0 Å². The molecule has 1 unspecified atom stereocenters. The van der Waals surface area contributed by atoms with E-state index < -0.39 is 6.04 Å². The van der Waals surface area contributed by atoms with Crippen LogP contribution in [0.4, 0.5) is 5.69 Å². The van der Waals surface area contributed by atoms with Crippen molar-refractivity contribution in [1.29, 1.82) is 0 Å². The van der Waals surface area contributed by atoms with E-state index in [1.165, 1.54) is 0 Å². The minimum absolute atomic E-state index is 0.194. The summed E-state index contributed by atoms with van der Waals surface area (Å²) in [5, 5.41) is 5.55. The number of carbonyl (C=O) groups is 2. The third kappa shape index (κ3) is 2.40. The molecule has 0 saturated carbocycles. The molecule has 100 valence electrons. The van der Waals surface area contributed by atoms with Gasteiger partial charge in [0.2, 0.25) is 5.91 Å². The van der Waals surface area contributed by atoms with Crippen molar-refractivity contribution in [3.63, 3.8) is 0 Å². The largest absolute Gasteiger partial charge is 0.340 e. The third-order valence-corrected chi connectivity index (χ3v) is 3.35. The number of rotatable bonds is 2. The van der Waals surface area contributed by atoms with Crippen molar-refractivity contribution >= 4 is 17.5 Å². The fraction of sp³-hybridized carbons (Fsp3) is 0.125. The molecule has 4 nitrogen and oxygen atoms in total. The first-order chi connectivity index (χ1) is 9.74. The van der Waals surface area contributed by atoms with Crippen LogP contribution in [0.3, 0.4) is 0 Å². The Hall–Kier alpha value is -2.62. The van der Waals surface area contributed by atoms with Crippen molar-refractivity contribution in [3.05, 3.63) is 65.7 Å². The lowest BCUT2D eigenvalue weighted by atomic mass is 9.95. The second-order valence-corrected chi connectivity index (χ2v) is 4.74. The summed E-state index contributed by atoms with van der Waals surface area (Å²) in [4.78, 5) is 24.2. The molecule has 1 heterocycles. The molecule has 1 atom stereocenters. The molecule has 2 aromatic carbocycles. The molecule has 0 aromatic heterocycles. The Balaban J connectivity index is 1.76. The molecule has 0 saturated heterocycles. The van der Waals surface area contributed by atoms with Crippen molar-refractivity contribution < 1.29 is 9.59 Å². The highest BCUT2D eigenvalue weighted by Crippen LogP contribution is 2.17. The molecular formula is C16H14N2O2. The number of hydrogen-bond acceptors (Lipinski definition) is 2. The average Bonchev–Trinajstić information content (AvgIpc) is 2.48. The monoisotopic (exact) mass is 266 g/mol. The number of hydrogen-bond donors (Lipinski definition) is 2. The molecule has 2 N–H and O–H groups in total. The van der Waals surface area contributed by atoms with Gasteiger partial charge in [0.05, 0.1) is 0 Å². The first-order valence-electron chi connectivity index (χ1n) is 6.49. The maximum Gasteiger partial charge on any atom is 0.252 e. The number of anilines is 1. The van der Waals surface area contributed by atoms with Gasteiger partial charge in [0.15, 0.2) is 0 Å². The number of carbonyl (C=O) groups excluding carboxylic acids is 2. The van der Waals surface area contributed by atoms with Crippen molar-refractivity contribution in [2.24, 2.45) is 0 Å². The first kappa shape index (κ1) is 12.4. The Labute approximate surface area is 116 Å². The minimum atomic E-state index is -0.530. The quantitative estimate of drug-likeness (QED) is 0.873. The molecule has 0 aliphatic carbocycles. The molecule has 2 amide bonds. The molecule has 0 bridgehead atoms. The summed E-state index contributed by atoms with van der Waals surface area (Å²) >= 11 is 0. The molecule has 0 spiro atoms. The van der Waals surface area contributed by atoms with E-state index in [2.05, 4.69) is 10.6 Å². The summed E-state index contributed by atoms with van der Waals surface area (Å²) < 4.78 is 0. The Bertz CT molecular complexity index is 653. The van der Waals surface area contributed by atoms with Crippen LogP contribution in [0.1, 0.15) is 15.9 Å². The van der Waals surface area contributed by atoms with Gasteiger partial charge in [-0.1, -0.05) is 36.4 Å². The van der Waals surface area contributed by atoms with Crippen LogP contribution in [0, 0.1) is 0 Å². The first-order valence-corrected chi connectivity index (χ1v) is 6.49. The van der Waals surface area contributed by atoms with Crippen LogP contribution in [0.15, 0.2) is 54.6 Å². The van der Waals surface area contributed by atoms with E-state index in [0.717, 1.165) is 11.3 Å². The van der Waals surface area contributed by atoms with Crippen molar-refractivity contribution in [2.75, 3.05) is 5.32 Å². The number of para-hydroxylation sites is 1. The van der Waals surface area contributed by atoms with E-state index in [1.807, 2.05) is 48.5 Å². The van der Waals surface area contributed by atoms with E-state index in [-0.39, 0.29) is 11.8 Å². The van der Waals surface area contributed by atoms with Crippen LogP contribution in [0.25, 0.3) is 0 Å². The molecule has 3 rings (SSSR count). The zero-order valence-corrected chi connectivity index (χ0v) is 10.8. The average molecular weight is 266 g/mol. The van der Waals surface area contributed by atoms with Crippen molar-refractivity contribution in [3.8, 4) is 0 Å². The lowest BCUT2D eigenvalue weighted by Crippen LogP contribution is -2.48. The lowest BCUT2D eigenvalue weighted by molar-refractivity contribution is -0.118. The molecule has 1 aliphatic rings. The van der Waals surface area contributed by atoms with Gasteiger partial charge >= 0.3 is 0 Å². The Kier molecular flexibility index (Phi) is 3.21. The molecule has 4 heteroatoms. The number of amides is 2. The normalized spacial score (nSPS) is 17.0. The molecular weight excluding hydrogens is 252 g/mol. The molecule has 1 aliphatic heterocycles. The highest BCUT2D eigenvalue weighted by molar-refractivity contribution is 6.03. The van der Waals surface area contributed by atoms with Crippen molar-refractivity contribution in [2.45, 2.75) is 12.5 Å². The van der Waals surface area contributed by atoms with Gasteiger partial charge in [0.1, 0.15) is 6.04 Å². The van der Waals surface area contributed by atoms with Crippen LogP contribution in [-0.2, 0) is 11.2 Å². The van der Waals surface area contributed by atoms with Gasteiger partial charge in [-0.25, -0.2) is 0 Å². The Morgan fingerprint density at radius 2 is 1.75 bits per heavy atom. The van der Waals surface area contributed by atoms with Crippen molar-refractivity contribution in [1.82, 2.24) is 5.32 Å². The number of nitrogens with one attached hydrogen (secondary N) is 2. The van der Waals surface area contributed by atoms with Crippen LogP contribution >= 0.6 is 0 Å². The summed E-state index contributed by atoms with van der Waals surface area (Å²) in [6.07, 6.45) is 0.514. The fourth-order valence-corrected chi connectivity index (χ4v) is 2.34. The van der Waals surface area contributed by atoms with E-state index in [0.29, 0.717) is 12.0 Å². The summed E-state index contributed by atoms with van der Waals surface area (Å²) in [6, 6.07) is 16.0. The Morgan fingerprint density at radius 3 is 2.55 bits per heavy atom. The standard InChI is InChI=1S/C16H14N2O2/c19-15-13-9-5-4-6-11(13)10-14(18-15)16(20)17-12-7-2-1-3-8-12/h1-9,14H,10H2,(H,17,20)(H,18,19). The highest BCUT2D eigenvalue weighted by Gasteiger charge is 2.28. The summed E-state index contributed by atoms with van der Waals surface area (Å²) in [5.41, 5.74) is 2.28. The summed E-state index contributed by atoms with van der Waals surface area (Å²) in [5.74, 6) is -0.390. The second kappa shape index (κ2) is 5.17. The smallest absolute Gasteiger partial charge is 0.252 e. The van der Waals surface area contributed by atoms with Gasteiger partial charge in [-0.05, 0) is 23.8 Å². The summed E-state index contributed by atoms with van der Waals surface area (Å²) in [6.45, 7) is 0. The molecule has 0 fully saturated rings. The maximum atomic E-state index is 12.2. The second-order valence-electron chi connectivity index (χ2n) is 4.74. The van der Waals surface area contributed by atoms with E-state index in [4.69, 9.17) is 0 Å². The van der Waals surface area contributed by atoms with Gasteiger partial charge in [0, 0.05) is 17.7 Å². The van der Waals surface area contributed by atoms with E-state index in [1.54, 1.807) is 6.07 Å². The number of fused-ring (bicyclic) bond motifs is 1. The number of benzene rings is 2. The van der Waals surface area contributed by atoms with Gasteiger partial charge < -0.3 is 10.6 Å². The molecule has 0 radical (unpaired) electrons. The highest BCUT2D eigenvalue weighted by atomic mass is 16.2. The SMILES string of the molecule is O=C1NC(C(=O)Nc2ccccc2)Cc2ccccc21. The predicted molar refractivity (Wildman–Crippen MR) is 76.5 cm³/mol. The van der Waals surface area contributed by atoms with Crippen LogP contribution in [0.2, 0.25) is 0 Å². The maximum absolute atomic E-state index is 12.2. The van der Waals surface area contributed by atoms with Crippen LogP contribution < -0.4 is 10.6 Å². The molecule has 20 heavy (non-hydrogen) atoms. The third-order valence-electron chi connectivity index (χ3n) is 3.35. The zero-order chi connectivity index (χ0) is 13.9. The topological polar surface area (TPSA) is 58.2 Å². The minimum Gasteiger partial charge on any atom is -0.340 e. The fourth-order valence-electron chi connectivity index (χ4n) is 2.34. The van der Waals surface area contributed by atoms with Gasteiger partial charge in [-0.2, -0.15) is 0 Å². The van der Waals surface area contributed by atoms with Gasteiger partial charge in [-0.3, -0.25) is 9.59 Å². The Morgan fingerprint density at radius 1 is 1.05 bits per heavy atom. The summed E-state index contributed by atoms with van der Waals surface area (Å²) in [7, 11) is 0. The van der Waals surface area contributed by atoms with Crippen LogP contribution in [0.5, 0.6) is 0 Å². The van der Waals surface area contributed by atoms with Gasteiger partial charge in [0.25, 0.3) is 5.91 Å². The van der Waals surface area contributed by atoms with E-state index in [9.17, 15) is 9.59 Å². The van der Waals surface area contributed by atoms with Crippen LogP contribution in [-0.4, -0.2) is 17.9 Å². The predicted octanol–water partition coefficient (Wildman–Crippen LogP) is 1.98.